The molecule has 0 radical (unpaired) electrons. The second-order valence-corrected chi connectivity index (χ2v) is 6.10. The third-order valence-electron chi connectivity index (χ3n) is 4.06. The number of hydrogen-bond donors (Lipinski definition) is 1. The van der Waals surface area contributed by atoms with Gasteiger partial charge in [0.1, 0.15) is 5.82 Å². The second-order valence-electron chi connectivity index (χ2n) is 6.10. The lowest BCUT2D eigenvalue weighted by Crippen LogP contribution is -2.48. The van der Waals surface area contributed by atoms with Crippen LogP contribution < -0.4 is 10.6 Å². The van der Waals surface area contributed by atoms with Crippen molar-refractivity contribution < 1.29 is 4.39 Å². The van der Waals surface area contributed by atoms with Crippen LogP contribution in [0.3, 0.4) is 0 Å². The predicted molar refractivity (Wildman–Crippen MR) is 86.2 cm³/mol. The highest BCUT2D eigenvalue weighted by Gasteiger charge is 2.22. The molecule has 0 bridgehead atoms. The molecule has 0 aliphatic carbocycles. The molecule has 0 aromatic heterocycles. The number of halogens is 1. The summed E-state index contributed by atoms with van der Waals surface area (Å²) in [6.07, 6.45) is 0. The van der Waals surface area contributed by atoms with Crippen molar-refractivity contribution in [1.82, 2.24) is 9.80 Å². The monoisotopic (exact) mass is 294 g/mol. The van der Waals surface area contributed by atoms with Crippen molar-refractivity contribution in [1.29, 1.82) is 0 Å². The lowest BCUT2D eigenvalue weighted by molar-refractivity contribution is 0.229. The lowest BCUT2D eigenvalue weighted by Gasteiger charge is -2.37. The van der Waals surface area contributed by atoms with E-state index in [0.717, 1.165) is 44.8 Å². The Morgan fingerprint density at radius 2 is 1.90 bits per heavy atom. The van der Waals surface area contributed by atoms with Gasteiger partial charge in [0.15, 0.2) is 0 Å². The smallest absolute Gasteiger partial charge is 0.146 e. The molecule has 1 heterocycles. The Balaban J connectivity index is 2.02. The molecule has 2 N–H and O–H groups in total. The quantitative estimate of drug-likeness (QED) is 0.893. The van der Waals surface area contributed by atoms with Crippen molar-refractivity contribution in [2.75, 3.05) is 58.3 Å². The van der Waals surface area contributed by atoms with Crippen LogP contribution in [0.5, 0.6) is 0 Å². The van der Waals surface area contributed by atoms with Gasteiger partial charge in [-0.1, -0.05) is 12.1 Å². The van der Waals surface area contributed by atoms with E-state index in [1.165, 1.54) is 6.07 Å². The molecule has 1 aliphatic rings. The molecule has 1 saturated heterocycles. The maximum atomic E-state index is 14.2. The number of hydrogen-bond acceptors (Lipinski definition) is 4. The van der Waals surface area contributed by atoms with Crippen LogP contribution in [0, 0.1) is 5.82 Å². The van der Waals surface area contributed by atoms with Crippen LogP contribution in [0.25, 0.3) is 0 Å². The van der Waals surface area contributed by atoms with E-state index in [-0.39, 0.29) is 11.9 Å². The Hall–Kier alpha value is -1.17. The first-order valence-corrected chi connectivity index (χ1v) is 7.65. The number of nitrogens with zero attached hydrogens (tertiary/aromatic N) is 3. The summed E-state index contributed by atoms with van der Waals surface area (Å²) in [5.74, 6) is -0.161. The number of nitrogens with two attached hydrogens (primary N) is 1. The normalized spacial score (nSPS) is 18.3. The first kappa shape index (κ1) is 16.2. The van der Waals surface area contributed by atoms with Crippen molar-refractivity contribution in [3.05, 3.63) is 29.6 Å². The number of anilines is 1. The largest absolute Gasteiger partial charge is 0.366 e. The molecule has 1 aromatic rings. The molecule has 1 aliphatic heterocycles. The van der Waals surface area contributed by atoms with E-state index in [1.807, 2.05) is 13.0 Å². The molecule has 21 heavy (non-hydrogen) atoms. The van der Waals surface area contributed by atoms with Crippen molar-refractivity contribution in [3.8, 4) is 0 Å². The van der Waals surface area contributed by atoms with Gasteiger partial charge in [-0.05, 0) is 32.6 Å². The topological polar surface area (TPSA) is 35.7 Å². The molecule has 2 rings (SSSR count). The highest BCUT2D eigenvalue weighted by atomic mass is 19.1. The Morgan fingerprint density at radius 1 is 1.24 bits per heavy atom. The third kappa shape index (κ3) is 4.15. The average molecular weight is 294 g/mol. The highest BCUT2D eigenvalue weighted by Crippen LogP contribution is 2.29. The predicted octanol–water partition coefficient (Wildman–Crippen LogP) is 1.53. The molecule has 0 spiro atoms. The van der Waals surface area contributed by atoms with Crippen LogP contribution in [0.2, 0.25) is 0 Å². The molecule has 1 atom stereocenters. The van der Waals surface area contributed by atoms with Crippen molar-refractivity contribution in [3.63, 3.8) is 0 Å². The fourth-order valence-electron chi connectivity index (χ4n) is 2.77. The zero-order valence-corrected chi connectivity index (χ0v) is 13.3. The van der Waals surface area contributed by atoms with E-state index < -0.39 is 0 Å². The molecule has 1 fully saturated rings. The molecule has 0 saturated carbocycles. The summed E-state index contributed by atoms with van der Waals surface area (Å²) in [6.45, 7) is 7.69. The zero-order valence-electron chi connectivity index (χ0n) is 13.3. The maximum Gasteiger partial charge on any atom is 0.146 e. The average Bonchev–Trinajstić information content (AvgIpc) is 2.45. The zero-order chi connectivity index (χ0) is 15.4. The first-order valence-electron chi connectivity index (χ1n) is 7.65. The van der Waals surface area contributed by atoms with Gasteiger partial charge in [-0.3, -0.25) is 4.90 Å². The van der Waals surface area contributed by atoms with Crippen LogP contribution in [-0.2, 0) is 0 Å². The summed E-state index contributed by atoms with van der Waals surface area (Å²) in [6, 6.07) is 5.05. The SMILES string of the molecule is C[C@H](N)c1cccc(F)c1N1CCN(CCN(C)C)CC1. The Bertz CT molecular complexity index is 454. The van der Waals surface area contributed by atoms with E-state index in [2.05, 4.69) is 28.8 Å². The first-order chi connectivity index (χ1) is 9.99. The summed E-state index contributed by atoms with van der Waals surface area (Å²) >= 11 is 0. The summed E-state index contributed by atoms with van der Waals surface area (Å²) in [7, 11) is 4.18. The minimum atomic E-state index is -0.161. The van der Waals surface area contributed by atoms with Gasteiger partial charge in [-0.25, -0.2) is 4.39 Å². The Labute approximate surface area is 127 Å². The van der Waals surface area contributed by atoms with Crippen LogP contribution >= 0.6 is 0 Å². The van der Waals surface area contributed by atoms with Gasteiger partial charge in [0.05, 0.1) is 5.69 Å². The Kier molecular flexibility index (Phi) is 5.56. The molecule has 4 nitrogen and oxygen atoms in total. The van der Waals surface area contributed by atoms with Crippen LogP contribution in [0.1, 0.15) is 18.5 Å². The van der Waals surface area contributed by atoms with E-state index in [4.69, 9.17) is 5.73 Å². The third-order valence-corrected chi connectivity index (χ3v) is 4.06. The lowest BCUT2D eigenvalue weighted by atomic mass is 10.0. The van der Waals surface area contributed by atoms with Crippen LogP contribution in [-0.4, -0.2) is 63.2 Å². The van der Waals surface area contributed by atoms with Crippen molar-refractivity contribution in [2.24, 2.45) is 5.73 Å². The molecule has 118 valence electrons. The van der Waals surface area contributed by atoms with Crippen LogP contribution in [0.15, 0.2) is 18.2 Å². The molecular formula is C16H27FN4. The fraction of sp³-hybridized carbons (Fsp3) is 0.625. The summed E-state index contributed by atoms with van der Waals surface area (Å²) in [5.41, 5.74) is 7.58. The van der Waals surface area contributed by atoms with Gasteiger partial charge in [-0.15, -0.1) is 0 Å². The van der Waals surface area contributed by atoms with Crippen molar-refractivity contribution >= 4 is 5.69 Å². The highest BCUT2D eigenvalue weighted by molar-refractivity contribution is 5.56. The Morgan fingerprint density at radius 3 is 2.48 bits per heavy atom. The van der Waals surface area contributed by atoms with Gasteiger partial charge in [0.25, 0.3) is 0 Å². The van der Waals surface area contributed by atoms with Crippen LogP contribution in [0.4, 0.5) is 10.1 Å². The fourth-order valence-corrected chi connectivity index (χ4v) is 2.77. The minimum Gasteiger partial charge on any atom is -0.366 e. The summed E-state index contributed by atoms with van der Waals surface area (Å²) < 4.78 is 14.2. The summed E-state index contributed by atoms with van der Waals surface area (Å²) in [4.78, 5) is 6.76. The molecule has 5 heteroatoms. The van der Waals surface area contributed by atoms with Gasteiger partial charge < -0.3 is 15.5 Å². The van der Waals surface area contributed by atoms with E-state index in [9.17, 15) is 4.39 Å². The summed E-state index contributed by atoms with van der Waals surface area (Å²) in [5, 5.41) is 0. The van der Waals surface area contributed by atoms with E-state index in [1.54, 1.807) is 6.07 Å². The standard InChI is InChI=1S/C16H27FN4/c1-13(18)14-5-4-6-15(17)16(14)21-11-9-20(10-12-21)8-7-19(2)3/h4-6,13H,7-12,18H2,1-3H3/t13-/m0/s1. The van der Waals surface area contributed by atoms with Gasteiger partial charge in [0, 0.05) is 45.3 Å². The molecule has 0 amide bonds. The van der Waals surface area contributed by atoms with E-state index >= 15 is 0 Å². The number of piperazine rings is 1. The minimum absolute atomic E-state index is 0.150. The molecular weight excluding hydrogens is 267 g/mol. The van der Waals surface area contributed by atoms with E-state index in [0.29, 0.717) is 5.69 Å². The van der Waals surface area contributed by atoms with Crippen molar-refractivity contribution in [2.45, 2.75) is 13.0 Å². The number of para-hydroxylation sites is 1. The molecule has 0 unspecified atom stereocenters. The van der Waals surface area contributed by atoms with Gasteiger partial charge in [-0.2, -0.15) is 0 Å². The second kappa shape index (κ2) is 7.20. The maximum absolute atomic E-state index is 14.2. The van der Waals surface area contributed by atoms with Gasteiger partial charge >= 0.3 is 0 Å². The molecule has 1 aromatic carbocycles. The van der Waals surface area contributed by atoms with Gasteiger partial charge in [0.2, 0.25) is 0 Å². The number of rotatable bonds is 5. The number of benzene rings is 1. The number of likely N-dealkylation sites (N-methyl/N-ethyl adjacent to an activating group) is 1.